The number of sulfonamides is 1. The molecular weight excluding hydrogens is 391 g/mol. The molecule has 0 spiro atoms. The summed E-state index contributed by atoms with van der Waals surface area (Å²) in [6, 6.07) is 7.37. The Hall–Kier alpha value is -2.72. The van der Waals surface area contributed by atoms with Gasteiger partial charge in [0.25, 0.3) is 15.7 Å². The Morgan fingerprint density at radius 2 is 2.00 bits per heavy atom. The van der Waals surface area contributed by atoms with Crippen LogP contribution in [-0.2, 0) is 19.6 Å². The number of hydrogen-bond donors (Lipinski definition) is 0. The quantitative estimate of drug-likeness (QED) is 0.417. The van der Waals surface area contributed by atoms with Gasteiger partial charge in [0.05, 0.1) is 27.6 Å². The number of carbonyl (C=O) groups is 1. The maximum Gasteiger partial charge on any atom is 0.326 e. The summed E-state index contributed by atoms with van der Waals surface area (Å²) in [5, 5.41) is 10.5. The fourth-order valence-electron chi connectivity index (χ4n) is 2.02. The zero-order valence-corrected chi connectivity index (χ0v) is 14.8. The van der Waals surface area contributed by atoms with Gasteiger partial charge in [-0.15, -0.1) is 0 Å². The van der Waals surface area contributed by atoms with Crippen molar-refractivity contribution in [2.75, 3.05) is 18.0 Å². The maximum atomic E-state index is 13.4. The molecule has 26 heavy (non-hydrogen) atoms. The van der Waals surface area contributed by atoms with E-state index in [0.29, 0.717) is 4.31 Å². The number of nitro groups is 1. The lowest BCUT2D eigenvalue weighted by Gasteiger charge is -2.23. The summed E-state index contributed by atoms with van der Waals surface area (Å²) in [6.07, 6.45) is 0. The summed E-state index contributed by atoms with van der Waals surface area (Å²) in [5.41, 5.74) is -0.547. The summed E-state index contributed by atoms with van der Waals surface area (Å²) in [5.74, 6) is -1.67. The van der Waals surface area contributed by atoms with Crippen LogP contribution in [0, 0.1) is 15.9 Å². The predicted octanol–water partition coefficient (Wildman–Crippen LogP) is 2.76. The SMILES string of the molecule is COC(=O)CN(c1ccc(F)c(Cl)c1)S(=O)(=O)c1cccc([N+](=O)[O-])c1. The van der Waals surface area contributed by atoms with Crippen molar-refractivity contribution in [3.05, 3.63) is 63.4 Å². The van der Waals surface area contributed by atoms with Crippen molar-refractivity contribution in [2.24, 2.45) is 0 Å². The highest BCUT2D eigenvalue weighted by atomic mass is 35.5. The van der Waals surface area contributed by atoms with Crippen molar-refractivity contribution in [3.8, 4) is 0 Å². The lowest BCUT2D eigenvalue weighted by atomic mass is 10.3. The van der Waals surface area contributed by atoms with Gasteiger partial charge in [-0.25, -0.2) is 12.8 Å². The molecule has 0 aliphatic carbocycles. The van der Waals surface area contributed by atoms with E-state index in [2.05, 4.69) is 4.74 Å². The Morgan fingerprint density at radius 1 is 1.31 bits per heavy atom. The number of nitrogens with zero attached hydrogens (tertiary/aromatic N) is 2. The van der Waals surface area contributed by atoms with E-state index in [-0.39, 0.29) is 10.7 Å². The van der Waals surface area contributed by atoms with Crippen molar-refractivity contribution in [3.63, 3.8) is 0 Å². The predicted molar refractivity (Wildman–Crippen MR) is 91.1 cm³/mol. The van der Waals surface area contributed by atoms with Crippen molar-refractivity contribution >= 4 is 39.0 Å². The molecule has 2 aromatic rings. The molecule has 0 unspecified atom stereocenters. The molecular formula is C15H12ClFN2O6S. The minimum absolute atomic E-state index is 0.103. The summed E-state index contributed by atoms with van der Waals surface area (Å²) >= 11 is 5.69. The van der Waals surface area contributed by atoms with Gasteiger partial charge in [-0.2, -0.15) is 0 Å². The van der Waals surface area contributed by atoms with Crippen LogP contribution in [0.25, 0.3) is 0 Å². The second-order valence-electron chi connectivity index (χ2n) is 4.94. The number of anilines is 1. The number of benzene rings is 2. The lowest BCUT2D eigenvalue weighted by Crippen LogP contribution is -2.36. The Morgan fingerprint density at radius 3 is 2.58 bits per heavy atom. The molecule has 0 saturated heterocycles. The third-order valence-electron chi connectivity index (χ3n) is 3.31. The van der Waals surface area contributed by atoms with E-state index in [1.807, 2.05) is 0 Å². The van der Waals surface area contributed by atoms with E-state index < -0.39 is 43.9 Å². The molecule has 0 saturated carbocycles. The number of nitro benzene ring substituents is 1. The van der Waals surface area contributed by atoms with E-state index in [4.69, 9.17) is 11.6 Å². The number of non-ortho nitro benzene ring substituents is 1. The molecule has 0 radical (unpaired) electrons. The Balaban J connectivity index is 2.59. The van der Waals surface area contributed by atoms with Crippen LogP contribution in [0.15, 0.2) is 47.4 Å². The van der Waals surface area contributed by atoms with E-state index in [0.717, 1.165) is 43.5 Å². The minimum atomic E-state index is -4.40. The van der Waals surface area contributed by atoms with Gasteiger partial charge in [0, 0.05) is 12.1 Å². The average molecular weight is 403 g/mol. The molecule has 0 aromatic heterocycles. The number of ether oxygens (including phenoxy) is 1. The van der Waals surface area contributed by atoms with Gasteiger partial charge in [-0.05, 0) is 24.3 Å². The van der Waals surface area contributed by atoms with Crippen molar-refractivity contribution in [1.82, 2.24) is 0 Å². The third kappa shape index (κ3) is 4.09. The topological polar surface area (TPSA) is 107 Å². The van der Waals surface area contributed by atoms with Crippen LogP contribution in [-0.4, -0.2) is 33.0 Å². The molecule has 0 N–H and O–H groups in total. The highest BCUT2D eigenvalue weighted by Gasteiger charge is 2.29. The largest absolute Gasteiger partial charge is 0.468 e. The van der Waals surface area contributed by atoms with Gasteiger partial charge < -0.3 is 4.74 Å². The molecule has 11 heteroatoms. The number of hydrogen-bond acceptors (Lipinski definition) is 6. The Labute approximate surface area is 153 Å². The fourth-order valence-corrected chi connectivity index (χ4v) is 3.64. The average Bonchev–Trinajstić information content (AvgIpc) is 2.61. The van der Waals surface area contributed by atoms with Crippen LogP contribution < -0.4 is 4.31 Å². The first-order valence-electron chi connectivity index (χ1n) is 6.96. The number of esters is 1. The first kappa shape index (κ1) is 19.6. The van der Waals surface area contributed by atoms with Gasteiger partial charge in [0.2, 0.25) is 0 Å². The Kier molecular flexibility index (Phi) is 5.78. The van der Waals surface area contributed by atoms with Crippen LogP contribution in [0.3, 0.4) is 0 Å². The maximum absolute atomic E-state index is 13.4. The summed E-state index contributed by atoms with van der Waals surface area (Å²) < 4.78 is 44.3. The molecule has 0 heterocycles. The van der Waals surface area contributed by atoms with Crippen LogP contribution in [0.5, 0.6) is 0 Å². The van der Waals surface area contributed by atoms with Crippen LogP contribution in [0.1, 0.15) is 0 Å². The second kappa shape index (κ2) is 7.67. The molecule has 0 bridgehead atoms. The zero-order valence-electron chi connectivity index (χ0n) is 13.3. The zero-order chi connectivity index (χ0) is 19.5. The van der Waals surface area contributed by atoms with E-state index in [9.17, 15) is 27.7 Å². The molecule has 0 aliphatic heterocycles. The van der Waals surface area contributed by atoms with E-state index in [1.54, 1.807) is 0 Å². The van der Waals surface area contributed by atoms with E-state index in [1.165, 1.54) is 6.07 Å². The number of methoxy groups -OCH3 is 1. The molecule has 2 aromatic carbocycles. The van der Waals surface area contributed by atoms with Gasteiger partial charge in [-0.3, -0.25) is 19.2 Å². The molecule has 138 valence electrons. The molecule has 0 aliphatic rings. The second-order valence-corrected chi connectivity index (χ2v) is 7.21. The van der Waals surface area contributed by atoms with Gasteiger partial charge in [0.15, 0.2) is 0 Å². The fraction of sp³-hybridized carbons (Fsp3) is 0.133. The number of rotatable bonds is 6. The smallest absolute Gasteiger partial charge is 0.326 e. The summed E-state index contributed by atoms with van der Waals surface area (Å²) in [7, 11) is -3.33. The Bertz CT molecular complexity index is 966. The number of carbonyl (C=O) groups excluding carboxylic acids is 1. The van der Waals surface area contributed by atoms with Crippen molar-refractivity contribution in [1.29, 1.82) is 0 Å². The normalized spacial score (nSPS) is 11.0. The van der Waals surface area contributed by atoms with Crippen LogP contribution in [0.2, 0.25) is 5.02 Å². The summed E-state index contributed by atoms with van der Waals surface area (Å²) in [6.45, 7) is -0.733. The highest BCUT2D eigenvalue weighted by Crippen LogP contribution is 2.29. The summed E-state index contributed by atoms with van der Waals surface area (Å²) in [4.78, 5) is 21.4. The highest BCUT2D eigenvalue weighted by molar-refractivity contribution is 7.92. The molecule has 2 rings (SSSR count). The molecule has 0 amide bonds. The van der Waals surface area contributed by atoms with Crippen molar-refractivity contribution < 1.29 is 27.3 Å². The molecule has 0 fully saturated rings. The van der Waals surface area contributed by atoms with Crippen LogP contribution >= 0.6 is 11.6 Å². The monoisotopic (exact) mass is 402 g/mol. The van der Waals surface area contributed by atoms with Gasteiger partial charge in [-0.1, -0.05) is 17.7 Å². The van der Waals surface area contributed by atoms with Crippen LogP contribution in [0.4, 0.5) is 15.8 Å². The standard InChI is InChI=1S/C15H12ClFN2O6S/c1-25-15(20)9-18(10-5-6-14(17)13(16)8-10)26(23,24)12-4-2-3-11(7-12)19(21)22/h2-8H,9H2,1H3. The van der Waals surface area contributed by atoms with Gasteiger partial charge >= 0.3 is 5.97 Å². The first-order valence-corrected chi connectivity index (χ1v) is 8.77. The van der Waals surface area contributed by atoms with Crippen molar-refractivity contribution in [2.45, 2.75) is 4.90 Å². The first-order chi connectivity index (χ1) is 12.2. The van der Waals surface area contributed by atoms with Gasteiger partial charge in [0.1, 0.15) is 12.4 Å². The van der Waals surface area contributed by atoms with E-state index >= 15 is 0 Å². The lowest BCUT2D eigenvalue weighted by molar-refractivity contribution is -0.385. The molecule has 0 atom stereocenters. The minimum Gasteiger partial charge on any atom is -0.468 e. The number of halogens is 2. The third-order valence-corrected chi connectivity index (χ3v) is 5.37. The molecule has 8 nitrogen and oxygen atoms in total.